The van der Waals surface area contributed by atoms with E-state index in [1.807, 2.05) is 10.8 Å². The first kappa shape index (κ1) is 12.9. The molecule has 0 saturated carbocycles. The van der Waals surface area contributed by atoms with Crippen molar-refractivity contribution in [3.8, 4) is 0 Å². The standard InChI is InChI=1S/C11H14F3NOS/c12-11(13,14)7-15-3-9-5-17-6-10(9)8-1-2-16-4-8/h5-6,8,15H,1-4,7H2. The van der Waals surface area contributed by atoms with Crippen LogP contribution in [0, 0.1) is 0 Å². The Labute approximate surface area is 102 Å². The molecule has 1 atom stereocenters. The molecule has 1 unspecified atom stereocenters. The Morgan fingerprint density at radius 1 is 1.41 bits per heavy atom. The van der Waals surface area contributed by atoms with Crippen molar-refractivity contribution in [3.63, 3.8) is 0 Å². The van der Waals surface area contributed by atoms with Gasteiger partial charge in [-0.2, -0.15) is 24.5 Å². The van der Waals surface area contributed by atoms with Crippen LogP contribution in [0.15, 0.2) is 10.8 Å². The Balaban J connectivity index is 1.90. The average Bonchev–Trinajstić information content (AvgIpc) is 2.82. The molecule has 2 heterocycles. The van der Waals surface area contributed by atoms with Crippen LogP contribution in [0.25, 0.3) is 0 Å². The fraction of sp³-hybridized carbons (Fsp3) is 0.636. The molecule has 0 spiro atoms. The molecule has 1 aromatic rings. The van der Waals surface area contributed by atoms with Gasteiger partial charge >= 0.3 is 6.18 Å². The lowest BCUT2D eigenvalue weighted by Gasteiger charge is -2.11. The van der Waals surface area contributed by atoms with Crippen LogP contribution in [-0.2, 0) is 11.3 Å². The van der Waals surface area contributed by atoms with Gasteiger partial charge in [0, 0.05) is 19.1 Å². The molecule has 0 radical (unpaired) electrons. The maximum atomic E-state index is 12.0. The van der Waals surface area contributed by atoms with Gasteiger partial charge in [0.15, 0.2) is 0 Å². The minimum atomic E-state index is -4.15. The Morgan fingerprint density at radius 3 is 2.88 bits per heavy atom. The van der Waals surface area contributed by atoms with Crippen LogP contribution in [0.1, 0.15) is 23.5 Å². The molecule has 6 heteroatoms. The van der Waals surface area contributed by atoms with Crippen LogP contribution in [-0.4, -0.2) is 25.9 Å². The van der Waals surface area contributed by atoms with Crippen molar-refractivity contribution in [2.75, 3.05) is 19.8 Å². The van der Waals surface area contributed by atoms with E-state index in [1.54, 1.807) is 0 Å². The summed E-state index contributed by atoms with van der Waals surface area (Å²) in [4.78, 5) is 0. The summed E-state index contributed by atoms with van der Waals surface area (Å²) in [7, 11) is 0. The van der Waals surface area contributed by atoms with Crippen LogP contribution in [0.5, 0.6) is 0 Å². The van der Waals surface area contributed by atoms with Crippen LogP contribution in [0.3, 0.4) is 0 Å². The van der Waals surface area contributed by atoms with Crippen molar-refractivity contribution in [3.05, 3.63) is 21.9 Å². The molecule has 0 aliphatic carbocycles. The van der Waals surface area contributed by atoms with Gasteiger partial charge in [0.1, 0.15) is 0 Å². The van der Waals surface area contributed by atoms with E-state index in [-0.39, 0.29) is 6.54 Å². The van der Waals surface area contributed by atoms with Crippen molar-refractivity contribution in [2.24, 2.45) is 0 Å². The highest BCUT2D eigenvalue weighted by Gasteiger charge is 2.27. The molecule has 1 fully saturated rings. The lowest BCUT2D eigenvalue weighted by molar-refractivity contribution is -0.125. The van der Waals surface area contributed by atoms with Crippen molar-refractivity contribution < 1.29 is 17.9 Å². The number of hydrogen-bond acceptors (Lipinski definition) is 3. The van der Waals surface area contributed by atoms with Crippen LogP contribution < -0.4 is 5.32 Å². The molecule has 2 rings (SSSR count). The van der Waals surface area contributed by atoms with Gasteiger partial charge in [-0.1, -0.05) is 0 Å². The van der Waals surface area contributed by atoms with Gasteiger partial charge in [0.2, 0.25) is 0 Å². The summed E-state index contributed by atoms with van der Waals surface area (Å²) in [6.07, 6.45) is -3.18. The summed E-state index contributed by atoms with van der Waals surface area (Å²) in [5.41, 5.74) is 2.11. The second-order valence-corrected chi connectivity index (χ2v) is 4.88. The highest BCUT2D eigenvalue weighted by Crippen LogP contribution is 2.30. The second-order valence-electron chi connectivity index (χ2n) is 4.13. The fourth-order valence-corrected chi connectivity index (χ4v) is 2.90. The van der Waals surface area contributed by atoms with E-state index < -0.39 is 12.7 Å². The van der Waals surface area contributed by atoms with Gasteiger partial charge in [-0.15, -0.1) is 0 Å². The molecule has 96 valence electrons. The first-order valence-corrected chi connectivity index (χ1v) is 6.41. The molecule has 0 amide bonds. The highest BCUT2D eigenvalue weighted by atomic mass is 32.1. The first-order valence-electron chi connectivity index (χ1n) is 5.46. The zero-order valence-electron chi connectivity index (χ0n) is 9.22. The fourth-order valence-electron chi connectivity index (χ4n) is 1.95. The van der Waals surface area contributed by atoms with Crippen molar-refractivity contribution in [1.82, 2.24) is 5.32 Å². The third-order valence-corrected chi connectivity index (χ3v) is 3.60. The Bertz CT molecular complexity index is 358. The van der Waals surface area contributed by atoms with Crippen LogP contribution in [0.4, 0.5) is 13.2 Å². The number of rotatable bonds is 4. The largest absolute Gasteiger partial charge is 0.401 e. The molecular weight excluding hydrogens is 251 g/mol. The lowest BCUT2D eigenvalue weighted by Crippen LogP contribution is -2.28. The third-order valence-electron chi connectivity index (χ3n) is 2.79. The van der Waals surface area contributed by atoms with E-state index in [0.717, 1.165) is 24.2 Å². The van der Waals surface area contributed by atoms with E-state index in [2.05, 4.69) is 5.32 Å². The average molecular weight is 265 g/mol. The van der Waals surface area contributed by atoms with Crippen LogP contribution in [0.2, 0.25) is 0 Å². The van der Waals surface area contributed by atoms with E-state index >= 15 is 0 Å². The van der Waals surface area contributed by atoms with Crippen molar-refractivity contribution >= 4 is 11.3 Å². The van der Waals surface area contributed by atoms with Crippen molar-refractivity contribution in [1.29, 1.82) is 0 Å². The molecule has 1 N–H and O–H groups in total. The smallest absolute Gasteiger partial charge is 0.381 e. The van der Waals surface area contributed by atoms with Crippen molar-refractivity contribution in [2.45, 2.75) is 25.1 Å². The molecule has 0 bridgehead atoms. The molecule has 1 saturated heterocycles. The summed E-state index contributed by atoms with van der Waals surface area (Å²) in [6, 6.07) is 0. The summed E-state index contributed by atoms with van der Waals surface area (Å²) < 4.78 is 41.3. The quantitative estimate of drug-likeness (QED) is 0.903. The summed E-state index contributed by atoms with van der Waals surface area (Å²) >= 11 is 1.53. The number of nitrogens with one attached hydrogen (secondary N) is 1. The molecule has 1 aromatic heterocycles. The van der Waals surface area contributed by atoms with Gasteiger partial charge in [-0.3, -0.25) is 0 Å². The Morgan fingerprint density at radius 2 is 2.24 bits per heavy atom. The molecular formula is C11H14F3NOS. The molecule has 17 heavy (non-hydrogen) atoms. The number of alkyl halides is 3. The maximum absolute atomic E-state index is 12.0. The predicted octanol–water partition coefficient (Wildman–Crippen LogP) is 2.90. The van der Waals surface area contributed by atoms with E-state index in [9.17, 15) is 13.2 Å². The summed E-state index contributed by atoms with van der Waals surface area (Å²) in [5.74, 6) is 0.351. The minimum absolute atomic E-state index is 0.273. The lowest BCUT2D eigenvalue weighted by atomic mass is 9.98. The Kier molecular flexibility index (Phi) is 4.06. The van der Waals surface area contributed by atoms with Gasteiger partial charge in [-0.05, 0) is 28.3 Å². The molecule has 1 aliphatic rings. The SMILES string of the molecule is FC(F)(F)CNCc1cscc1C1CCOC1. The van der Waals surface area contributed by atoms with Gasteiger partial charge in [0.25, 0.3) is 0 Å². The third kappa shape index (κ3) is 3.69. The number of hydrogen-bond donors (Lipinski definition) is 1. The second kappa shape index (κ2) is 5.37. The topological polar surface area (TPSA) is 21.3 Å². The summed E-state index contributed by atoms with van der Waals surface area (Å²) in [6.45, 7) is 0.761. The molecule has 0 aromatic carbocycles. The van der Waals surface area contributed by atoms with Gasteiger partial charge < -0.3 is 10.1 Å². The van der Waals surface area contributed by atoms with E-state index in [0.29, 0.717) is 12.5 Å². The summed E-state index contributed by atoms with van der Waals surface area (Å²) in [5, 5.41) is 6.36. The zero-order chi connectivity index (χ0) is 12.3. The number of ether oxygens (including phenoxy) is 1. The van der Waals surface area contributed by atoms with Gasteiger partial charge in [-0.25, -0.2) is 0 Å². The molecule has 1 aliphatic heterocycles. The minimum Gasteiger partial charge on any atom is -0.381 e. The highest BCUT2D eigenvalue weighted by molar-refractivity contribution is 7.08. The zero-order valence-corrected chi connectivity index (χ0v) is 10.0. The first-order chi connectivity index (χ1) is 8.06. The Hall–Kier alpha value is -0.590. The molecule has 2 nitrogen and oxygen atoms in total. The monoisotopic (exact) mass is 265 g/mol. The van der Waals surface area contributed by atoms with Crippen LogP contribution >= 0.6 is 11.3 Å². The van der Waals surface area contributed by atoms with E-state index in [4.69, 9.17) is 4.74 Å². The maximum Gasteiger partial charge on any atom is 0.401 e. The predicted molar refractivity (Wildman–Crippen MR) is 60.3 cm³/mol. The number of halogens is 3. The van der Waals surface area contributed by atoms with E-state index in [1.165, 1.54) is 11.3 Å². The normalized spacial score (nSPS) is 21.0. The number of thiophene rings is 1. The van der Waals surface area contributed by atoms with Gasteiger partial charge in [0.05, 0.1) is 13.2 Å².